The Kier molecular flexibility index (Phi) is 16.0. The van der Waals surface area contributed by atoms with Crippen LogP contribution in [0.4, 0.5) is 0 Å². The van der Waals surface area contributed by atoms with E-state index in [2.05, 4.69) is 24.6 Å². The van der Waals surface area contributed by atoms with E-state index in [0.29, 0.717) is 11.9 Å². The largest absolute Gasteiger partial charge is 1.00 e. The van der Waals surface area contributed by atoms with Crippen molar-refractivity contribution in [1.82, 2.24) is 0 Å². The topological polar surface area (TPSA) is 93.6 Å². The van der Waals surface area contributed by atoms with Gasteiger partial charge in [0.25, 0.3) is 0 Å². The lowest BCUT2D eigenvalue weighted by atomic mass is 9.94. The van der Waals surface area contributed by atoms with Gasteiger partial charge < -0.3 is 30.5 Å². The maximum Gasteiger partial charge on any atom is 0.338 e. The van der Waals surface area contributed by atoms with E-state index in [1.54, 1.807) is 0 Å². The van der Waals surface area contributed by atoms with Gasteiger partial charge in [0.15, 0.2) is 0 Å². The molecule has 0 radical (unpaired) electrons. The van der Waals surface area contributed by atoms with E-state index in [1.165, 1.54) is 12.8 Å². The second-order valence-electron chi connectivity index (χ2n) is 3.74. The molecule has 8 N–H and O–H groups in total. The van der Waals surface area contributed by atoms with Crippen LogP contribution in [0.2, 0.25) is 0 Å². The Labute approximate surface area is 105 Å². The van der Waals surface area contributed by atoms with Gasteiger partial charge in [0.2, 0.25) is 0 Å². The van der Waals surface area contributed by atoms with Gasteiger partial charge in [-0.3, -0.25) is 16.5 Å². The van der Waals surface area contributed by atoms with E-state index >= 15 is 0 Å². The second-order valence-corrected chi connectivity index (χ2v) is 3.74. The molecule has 0 heterocycles. The lowest BCUT2D eigenvalue weighted by molar-refractivity contribution is -0.468. The maximum absolute atomic E-state index is 5.31. The predicted octanol–water partition coefficient (Wildman–Crippen LogP) is -8.36. The van der Waals surface area contributed by atoms with Crippen LogP contribution in [0, 0.1) is 11.8 Å². The Morgan fingerprint density at radius 3 is 2.20 bits per heavy atom. The average molecular weight is 259 g/mol. The number of rotatable bonds is 6. The molecule has 94 valence electrons. The Hall–Kier alpha value is -0.190. The Morgan fingerprint density at radius 1 is 1.33 bits per heavy atom. The molecule has 0 bridgehead atoms. The van der Waals surface area contributed by atoms with Crippen molar-refractivity contribution in [3.8, 4) is 0 Å². The van der Waals surface area contributed by atoms with E-state index in [0.717, 1.165) is 19.0 Å². The summed E-state index contributed by atoms with van der Waals surface area (Å²) >= 11 is 0. The number of nitrogens with one attached hydrogen (secondary N) is 1. The molecule has 0 saturated heterocycles. The summed E-state index contributed by atoms with van der Waals surface area (Å²) in [6.07, 6.45) is 2.40. The van der Waals surface area contributed by atoms with E-state index in [1.807, 2.05) is 0 Å². The summed E-state index contributed by atoms with van der Waals surface area (Å²) in [5, 5.41) is 0. The smallest absolute Gasteiger partial charge is 0.338 e. The lowest BCUT2D eigenvalue weighted by Crippen LogP contribution is -3.00. The Bertz CT molecular complexity index is 156. The lowest BCUT2D eigenvalue weighted by Gasteiger charge is -2.14. The zero-order chi connectivity index (χ0) is 10.3. The summed E-state index contributed by atoms with van der Waals surface area (Å²) in [6, 6.07) is 0. The minimum Gasteiger partial charge on any atom is -1.00 e. The van der Waals surface area contributed by atoms with Crippen LogP contribution in [0.3, 0.4) is 0 Å². The average Bonchev–Trinajstić information content (AvgIpc) is 2.10. The van der Waals surface area contributed by atoms with Gasteiger partial charge in [-0.25, -0.2) is 0 Å². The summed E-state index contributed by atoms with van der Waals surface area (Å²) in [6.45, 7) is 6.29. The third kappa shape index (κ3) is 11.7. The van der Waals surface area contributed by atoms with E-state index in [9.17, 15) is 0 Å². The van der Waals surface area contributed by atoms with Crippen molar-refractivity contribution < 1.29 is 35.5 Å². The molecule has 2 unspecified atom stereocenters. The number of hydrogen-bond acceptors (Lipinski definition) is 0. The molecule has 0 amide bonds. The van der Waals surface area contributed by atoms with Crippen molar-refractivity contribution in [1.29, 1.82) is 0 Å². The van der Waals surface area contributed by atoms with Gasteiger partial charge in [-0.2, -0.15) is 0 Å². The zero-order valence-corrected chi connectivity index (χ0v) is 11.1. The molecule has 0 aromatic rings. The van der Waals surface area contributed by atoms with Crippen LogP contribution >= 0.6 is 0 Å². The van der Waals surface area contributed by atoms with Crippen LogP contribution < -0.4 is 47.0 Å². The molecule has 15 heavy (non-hydrogen) atoms. The summed E-state index contributed by atoms with van der Waals surface area (Å²) in [4.78, 5) is 2.95. The molecule has 0 saturated carbocycles. The molecule has 0 fully saturated rings. The molecule has 0 rings (SSSR count). The zero-order valence-electron chi connectivity index (χ0n) is 9.60. The monoisotopic (exact) mass is 258 g/mol. The van der Waals surface area contributed by atoms with Gasteiger partial charge in [-0.1, -0.05) is 13.8 Å². The molecular formula is C9H24Cl2N4. The fraction of sp³-hybridized carbons (Fsp3) is 0.889. The number of guanidine groups is 1. The van der Waals surface area contributed by atoms with Crippen molar-refractivity contribution in [2.45, 2.75) is 26.7 Å². The molecule has 0 aromatic carbocycles. The van der Waals surface area contributed by atoms with Crippen molar-refractivity contribution in [2.24, 2.45) is 23.3 Å². The number of hydrogen-bond donors (Lipinski definition) is 4. The van der Waals surface area contributed by atoms with Crippen molar-refractivity contribution in [2.75, 3.05) is 13.1 Å². The van der Waals surface area contributed by atoms with Crippen LogP contribution in [-0.4, -0.2) is 19.0 Å². The van der Waals surface area contributed by atoms with Gasteiger partial charge in [-0.05, 0) is 18.8 Å². The van der Waals surface area contributed by atoms with Gasteiger partial charge in [0.05, 0.1) is 13.1 Å². The molecule has 0 aromatic heterocycles. The second kappa shape index (κ2) is 11.9. The van der Waals surface area contributed by atoms with E-state index in [4.69, 9.17) is 11.5 Å². The van der Waals surface area contributed by atoms with Gasteiger partial charge in [0.1, 0.15) is 0 Å². The highest BCUT2D eigenvalue weighted by atomic mass is 35.5. The highest BCUT2D eigenvalue weighted by Gasteiger charge is 2.11. The number of quaternary nitrogens is 1. The quantitative estimate of drug-likeness (QED) is 0.282. The molecule has 0 spiro atoms. The minimum absolute atomic E-state index is 0. The van der Waals surface area contributed by atoms with Crippen LogP contribution in [0.15, 0.2) is 0 Å². The first-order chi connectivity index (χ1) is 6.10. The van der Waals surface area contributed by atoms with Crippen LogP contribution in [0.1, 0.15) is 26.7 Å². The van der Waals surface area contributed by atoms with E-state index < -0.39 is 0 Å². The van der Waals surface area contributed by atoms with Crippen LogP contribution in [0.25, 0.3) is 0 Å². The highest BCUT2D eigenvalue weighted by molar-refractivity contribution is 5.69. The van der Waals surface area contributed by atoms with Crippen LogP contribution in [0.5, 0.6) is 0 Å². The maximum atomic E-state index is 5.31. The van der Waals surface area contributed by atoms with Crippen molar-refractivity contribution in [3.05, 3.63) is 0 Å². The molecular weight excluding hydrogens is 235 g/mol. The van der Waals surface area contributed by atoms with Gasteiger partial charge >= 0.3 is 5.96 Å². The van der Waals surface area contributed by atoms with Gasteiger partial charge in [-0.15, -0.1) is 0 Å². The van der Waals surface area contributed by atoms with E-state index in [-0.39, 0.29) is 24.8 Å². The molecule has 0 aliphatic carbocycles. The van der Waals surface area contributed by atoms with Crippen molar-refractivity contribution >= 4 is 5.96 Å². The molecule has 4 nitrogen and oxygen atoms in total. The summed E-state index contributed by atoms with van der Waals surface area (Å²) in [5.74, 6) is 1.65. The fourth-order valence-electron chi connectivity index (χ4n) is 1.43. The van der Waals surface area contributed by atoms with Crippen LogP contribution in [-0.2, 0) is 0 Å². The SMILES string of the molecule is CCC(C[NH3+])CC(C)C[NH+]=C(N)N.[Cl-].[Cl-]. The molecule has 2 atom stereocenters. The first-order valence-electron chi connectivity index (χ1n) is 5.01. The standard InChI is InChI=1S/C9H22N4.2ClH/c1-3-8(5-10)4-7(2)6-13-9(11)12;;/h7-8H,3-6,10H2,1-2H3,(H4,11,12,13);2*1H. The van der Waals surface area contributed by atoms with Crippen molar-refractivity contribution in [3.63, 3.8) is 0 Å². The minimum atomic E-state index is 0. The Balaban J connectivity index is -0.000000720. The number of halogens is 2. The third-order valence-electron chi connectivity index (χ3n) is 2.38. The third-order valence-corrected chi connectivity index (χ3v) is 2.38. The predicted molar refractivity (Wildman–Crippen MR) is 54.5 cm³/mol. The summed E-state index contributed by atoms with van der Waals surface area (Å²) in [7, 11) is 0. The Morgan fingerprint density at radius 2 is 1.87 bits per heavy atom. The molecule has 6 heteroatoms. The first kappa shape index (κ1) is 20.3. The van der Waals surface area contributed by atoms with Gasteiger partial charge in [0, 0.05) is 5.92 Å². The molecule has 0 aliphatic rings. The highest BCUT2D eigenvalue weighted by Crippen LogP contribution is 2.11. The fourth-order valence-corrected chi connectivity index (χ4v) is 1.43. The number of nitrogens with two attached hydrogens (primary N) is 2. The summed E-state index contributed by atoms with van der Waals surface area (Å²) in [5.41, 5.74) is 14.5. The molecule has 0 aliphatic heterocycles. The normalized spacial score (nSPS) is 13.0. The first-order valence-corrected chi connectivity index (χ1v) is 5.01. The summed E-state index contributed by atoms with van der Waals surface area (Å²) < 4.78 is 0.